The monoisotopic (exact) mass is 474 g/mol. The van der Waals surface area contributed by atoms with E-state index in [1.165, 1.54) is 24.3 Å². The summed E-state index contributed by atoms with van der Waals surface area (Å²) in [5, 5.41) is 3.19. The summed E-state index contributed by atoms with van der Waals surface area (Å²) in [6.45, 7) is 5.89. The van der Waals surface area contributed by atoms with Crippen molar-refractivity contribution in [3.05, 3.63) is 78.4 Å². The van der Waals surface area contributed by atoms with Gasteiger partial charge in [0.2, 0.25) is 5.88 Å². The summed E-state index contributed by atoms with van der Waals surface area (Å²) < 4.78 is 37.5. The Morgan fingerprint density at radius 3 is 2.40 bits per heavy atom. The van der Waals surface area contributed by atoms with Crippen LogP contribution in [0.15, 0.2) is 61.1 Å². The number of nitrogens with one attached hydrogen (secondary N) is 1. The fraction of sp³-hybridized carbons (Fsp3) is 0.192. The third-order valence-corrected chi connectivity index (χ3v) is 5.66. The molecular formula is C26H24F2N6O. The molecule has 5 rings (SSSR count). The second-order valence-electron chi connectivity index (χ2n) is 8.50. The molecule has 0 unspecified atom stereocenters. The average Bonchev–Trinajstić information content (AvgIpc) is 3.43. The number of fused-ring (bicyclic) bond motifs is 1. The molecule has 178 valence electrons. The molecular weight excluding hydrogens is 450 g/mol. The predicted molar refractivity (Wildman–Crippen MR) is 131 cm³/mol. The predicted octanol–water partition coefficient (Wildman–Crippen LogP) is 6.20. The molecule has 9 heteroatoms. The molecule has 7 nitrogen and oxygen atoms in total. The number of hydrogen-bond donors (Lipinski definition) is 1. The van der Waals surface area contributed by atoms with Gasteiger partial charge in [0, 0.05) is 17.8 Å². The SMILES string of the molecule is COc1nc(Nc2cc(F)cc3c2nc(-c2ccc(F)cc2)n3C(C)C)ccc1-n1cnc(C)c1. The zero-order valence-electron chi connectivity index (χ0n) is 19.8. The van der Waals surface area contributed by atoms with Crippen LogP contribution in [0.25, 0.3) is 28.1 Å². The van der Waals surface area contributed by atoms with Crippen LogP contribution in [0.3, 0.4) is 0 Å². The Morgan fingerprint density at radius 2 is 1.74 bits per heavy atom. The third-order valence-electron chi connectivity index (χ3n) is 5.66. The second kappa shape index (κ2) is 8.83. The lowest BCUT2D eigenvalue weighted by Gasteiger charge is -2.14. The van der Waals surface area contributed by atoms with Gasteiger partial charge in [-0.2, -0.15) is 4.98 Å². The van der Waals surface area contributed by atoms with Gasteiger partial charge in [-0.25, -0.2) is 18.7 Å². The molecule has 3 aromatic heterocycles. The minimum atomic E-state index is -0.412. The maximum Gasteiger partial charge on any atom is 0.240 e. The first-order valence-corrected chi connectivity index (χ1v) is 11.1. The van der Waals surface area contributed by atoms with Gasteiger partial charge in [-0.1, -0.05) is 0 Å². The van der Waals surface area contributed by atoms with Crippen molar-refractivity contribution in [2.75, 3.05) is 12.4 Å². The van der Waals surface area contributed by atoms with Gasteiger partial charge >= 0.3 is 0 Å². The minimum Gasteiger partial charge on any atom is -0.479 e. The molecule has 1 N–H and O–H groups in total. The molecule has 3 heterocycles. The lowest BCUT2D eigenvalue weighted by atomic mass is 10.2. The molecule has 0 aliphatic carbocycles. The highest BCUT2D eigenvalue weighted by Crippen LogP contribution is 2.34. The van der Waals surface area contributed by atoms with E-state index in [-0.39, 0.29) is 11.9 Å². The molecule has 5 aromatic rings. The zero-order chi connectivity index (χ0) is 24.7. The molecule has 0 amide bonds. The molecule has 0 bridgehead atoms. The highest BCUT2D eigenvalue weighted by Gasteiger charge is 2.19. The van der Waals surface area contributed by atoms with Crippen LogP contribution in [0.1, 0.15) is 25.6 Å². The van der Waals surface area contributed by atoms with Crippen LogP contribution >= 0.6 is 0 Å². The van der Waals surface area contributed by atoms with E-state index in [4.69, 9.17) is 9.72 Å². The van der Waals surface area contributed by atoms with Gasteiger partial charge in [-0.15, -0.1) is 0 Å². The summed E-state index contributed by atoms with van der Waals surface area (Å²) in [5.74, 6) is 0.741. The molecule has 0 saturated heterocycles. The highest BCUT2D eigenvalue weighted by molar-refractivity contribution is 5.93. The number of anilines is 2. The first kappa shape index (κ1) is 22.5. The van der Waals surface area contributed by atoms with E-state index in [0.29, 0.717) is 34.2 Å². The number of hydrogen-bond acceptors (Lipinski definition) is 5. The number of methoxy groups -OCH3 is 1. The Morgan fingerprint density at radius 1 is 0.971 bits per heavy atom. The van der Waals surface area contributed by atoms with Crippen molar-refractivity contribution in [2.24, 2.45) is 0 Å². The van der Waals surface area contributed by atoms with Crippen molar-refractivity contribution in [1.29, 1.82) is 0 Å². The first-order valence-electron chi connectivity index (χ1n) is 11.1. The Labute approximate surface area is 201 Å². The first-order chi connectivity index (χ1) is 16.8. The van der Waals surface area contributed by atoms with E-state index >= 15 is 0 Å². The fourth-order valence-electron chi connectivity index (χ4n) is 4.12. The largest absolute Gasteiger partial charge is 0.479 e. The van der Waals surface area contributed by atoms with Crippen LogP contribution in [-0.2, 0) is 0 Å². The fourth-order valence-corrected chi connectivity index (χ4v) is 4.12. The number of ether oxygens (including phenoxy) is 1. The van der Waals surface area contributed by atoms with E-state index in [1.54, 1.807) is 31.6 Å². The Kier molecular flexibility index (Phi) is 5.68. The lowest BCUT2D eigenvalue weighted by Crippen LogP contribution is -2.04. The molecule has 0 fully saturated rings. The zero-order valence-corrected chi connectivity index (χ0v) is 19.8. The molecule has 0 spiro atoms. The van der Waals surface area contributed by atoms with Crippen LogP contribution in [0, 0.1) is 18.6 Å². The number of aryl methyl sites for hydroxylation is 1. The van der Waals surface area contributed by atoms with Crippen LogP contribution in [0.5, 0.6) is 5.88 Å². The van der Waals surface area contributed by atoms with E-state index in [1.807, 2.05) is 42.2 Å². The number of pyridine rings is 1. The van der Waals surface area contributed by atoms with Crippen LogP contribution in [-0.4, -0.2) is 31.2 Å². The number of rotatable bonds is 6. The quantitative estimate of drug-likeness (QED) is 0.317. The van der Waals surface area contributed by atoms with Crippen molar-refractivity contribution in [1.82, 2.24) is 24.1 Å². The summed E-state index contributed by atoms with van der Waals surface area (Å²) >= 11 is 0. The van der Waals surface area contributed by atoms with Crippen LogP contribution in [0.4, 0.5) is 20.3 Å². The highest BCUT2D eigenvalue weighted by atomic mass is 19.1. The summed E-state index contributed by atoms with van der Waals surface area (Å²) in [5.41, 5.74) is 4.00. The van der Waals surface area contributed by atoms with E-state index in [0.717, 1.165) is 16.9 Å². The van der Waals surface area contributed by atoms with Gasteiger partial charge in [0.1, 0.15) is 34.5 Å². The standard InChI is InChI=1S/C26H24F2N6O/c1-15(2)34-22-12-19(28)11-20(24(22)32-25(34)17-5-7-18(27)8-6-17)30-23-10-9-21(26(31-23)35-4)33-13-16(3)29-14-33/h5-15H,1-4H3,(H,30,31). The molecule has 0 radical (unpaired) electrons. The van der Waals surface area contributed by atoms with Gasteiger partial charge in [-0.3, -0.25) is 0 Å². The van der Waals surface area contributed by atoms with E-state index < -0.39 is 5.82 Å². The summed E-state index contributed by atoms with van der Waals surface area (Å²) in [7, 11) is 1.54. The second-order valence-corrected chi connectivity index (χ2v) is 8.50. The molecule has 0 aliphatic rings. The molecule has 0 atom stereocenters. The van der Waals surface area contributed by atoms with Crippen molar-refractivity contribution >= 4 is 22.5 Å². The number of benzene rings is 2. The maximum atomic E-state index is 14.8. The van der Waals surface area contributed by atoms with Crippen molar-refractivity contribution in [2.45, 2.75) is 26.8 Å². The normalized spacial score (nSPS) is 11.4. The number of halogens is 2. The smallest absolute Gasteiger partial charge is 0.240 e. The van der Waals surface area contributed by atoms with Gasteiger partial charge < -0.3 is 19.2 Å². The van der Waals surface area contributed by atoms with E-state index in [9.17, 15) is 8.78 Å². The molecule has 0 aliphatic heterocycles. The van der Waals surface area contributed by atoms with Crippen molar-refractivity contribution < 1.29 is 13.5 Å². The Balaban J connectivity index is 1.60. The lowest BCUT2D eigenvalue weighted by molar-refractivity contribution is 0.396. The number of aromatic nitrogens is 5. The number of nitrogens with zero attached hydrogens (tertiary/aromatic N) is 5. The van der Waals surface area contributed by atoms with Gasteiger partial charge in [0.15, 0.2) is 0 Å². The van der Waals surface area contributed by atoms with Crippen LogP contribution in [0.2, 0.25) is 0 Å². The summed E-state index contributed by atoms with van der Waals surface area (Å²) in [6, 6.07) is 12.6. The maximum absolute atomic E-state index is 14.8. The number of imidazole rings is 2. The van der Waals surface area contributed by atoms with Gasteiger partial charge in [0.05, 0.1) is 30.3 Å². The molecule has 2 aromatic carbocycles. The average molecular weight is 475 g/mol. The summed E-state index contributed by atoms with van der Waals surface area (Å²) in [6.07, 6.45) is 3.56. The Hall–Kier alpha value is -4.27. The topological polar surface area (TPSA) is 69.8 Å². The van der Waals surface area contributed by atoms with Gasteiger partial charge in [0.25, 0.3) is 0 Å². The van der Waals surface area contributed by atoms with Crippen LogP contribution < -0.4 is 10.1 Å². The third kappa shape index (κ3) is 4.21. The Bertz CT molecular complexity index is 1520. The van der Waals surface area contributed by atoms with Gasteiger partial charge in [-0.05, 0) is 69.3 Å². The van der Waals surface area contributed by atoms with Crippen molar-refractivity contribution in [3.63, 3.8) is 0 Å². The minimum absolute atomic E-state index is 0.00848. The van der Waals surface area contributed by atoms with E-state index in [2.05, 4.69) is 15.3 Å². The summed E-state index contributed by atoms with van der Waals surface area (Å²) in [4.78, 5) is 13.6. The molecule has 0 saturated carbocycles. The molecule has 35 heavy (non-hydrogen) atoms. The van der Waals surface area contributed by atoms with Crippen molar-refractivity contribution in [3.8, 4) is 23.0 Å².